The standard InChI is InChI=1S/C18H27NO2/c1-12-8-9-19(13(2)10-12)17-7-5-14-4-6-15(21-3)11-16(14)18(17)20/h4,6,11-13,17-18,20H,5,7-10H2,1-3H3. The van der Waals surface area contributed by atoms with Crippen molar-refractivity contribution < 1.29 is 9.84 Å². The van der Waals surface area contributed by atoms with Crippen LogP contribution in [0.4, 0.5) is 0 Å². The van der Waals surface area contributed by atoms with Crippen molar-refractivity contribution in [2.75, 3.05) is 13.7 Å². The summed E-state index contributed by atoms with van der Waals surface area (Å²) in [6.45, 7) is 5.76. The van der Waals surface area contributed by atoms with Crippen molar-refractivity contribution in [1.82, 2.24) is 4.90 Å². The molecule has 2 aliphatic rings. The van der Waals surface area contributed by atoms with E-state index in [1.54, 1.807) is 7.11 Å². The van der Waals surface area contributed by atoms with Crippen LogP contribution in [-0.2, 0) is 6.42 Å². The fourth-order valence-corrected chi connectivity index (χ4v) is 4.14. The van der Waals surface area contributed by atoms with E-state index >= 15 is 0 Å². The van der Waals surface area contributed by atoms with Crippen LogP contribution in [0.5, 0.6) is 5.75 Å². The summed E-state index contributed by atoms with van der Waals surface area (Å²) >= 11 is 0. The molecular weight excluding hydrogens is 262 g/mol. The second-order valence-electron chi connectivity index (χ2n) is 6.83. The minimum Gasteiger partial charge on any atom is -0.497 e. The first-order chi connectivity index (χ1) is 10.1. The predicted octanol–water partition coefficient (Wildman–Crippen LogP) is 3.16. The van der Waals surface area contributed by atoms with E-state index in [2.05, 4.69) is 24.8 Å². The third-order valence-corrected chi connectivity index (χ3v) is 5.36. The van der Waals surface area contributed by atoms with E-state index in [0.29, 0.717) is 6.04 Å². The molecule has 3 nitrogen and oxygen atoms in total. The Labute approximate surface area is 127 Å². The van der Waals surface area contributed by atoms with Crippen molar-refractivity contribution in [2.24, 2.45) is 5.92 Å². The highest BCUT2D eigenvalue weighted by atomic mass is 16.5. The summed E-state index contributed by atoms with van der Waals surface area (Å²) in [7, 11) is 1.68. The number of fused-ring (bicyclic) bond motifs is 1. The number of likely N-dealkylation sites (tertiary alicyclic amines) is 1. The topological polar surface area (TPSA) is 32.7 Å². The molecule has 21 heavy (non-hydrogen) atoms. The molecule has 0 radical (unpaired) electrons. The Morgan fingerprint density at radius 1 is 1.24 bits per heavy atom. The predicted molar refractivity (Wildman–Crippen MR) is 84.6 cm³/mol. The molecule has 0 spiro atoms. The Bertz CT molecular complexity index is 502. The number of nitrogens with zero attached hydrogens (tertiary/aromatic N) is 1. The van der Waals surface area contributed by atoms with Crippen molar-refractivity contribution in [2.45, 2.75) is 57.7 Å². The highest BCUT2D eigenvalue weighted by molar-refractivity contribution is 5.39. The molecule has 1 aliphatic heterocycles. The molecule has 4 atom stereocenters. The van der Waals surface area contributed by atoms with Gasteiger partial charge in [-0.2, -0.15) is 0 Å². The molecule has 1 aromatic carbocycles. The Morgan fingerprint density at radius 2 is 2.05 bits per heavy atom. The Balaban J connectivity index is 1.82. The zero-order chi connectivity index (χ0) is 15.0. The summed E-state index contributed by atoms with van der Waals surface area (Å²) in [5.74, 6) is 1.65. The zero-order valence-electron chi connectivity index (χ0n) is 13.4. The molecule has 3 heteroatoms. The molecule has 0 aromatic heterocycles. The van der Waals surface area contributed by atoms with Gasteiger partial charge in [0.05, 0.1) is 13.2 Å². The number of hydrogen-bond acceptors (Lipinski definition) is 3. The SMILES string of the molecule is COc1ccc2c(c1)C(O)C(N1CCC(C)CC1C)CC2. The zero-order valence-corrected chi connectivity index (χ0v) is 13.4. The molecule has 3 rings (SSSR count). The van der Waals surface area contributed by atoms with Gasteiger partial charge in [0.1, 0.15) is 5.75 Å². The molecule has 1 saturated heterocycles. The van der Waals surface area contributed by atoms with Crippen molar-refractivity contribution >= 4 is 0 Å². The van der Waals surface area contributed by atoms with Crippen molar-refractivity contribution in [3.05, 3.63) is 29.3 Å². The maximum atomic E-state index is 10.9. The van der Waals surface area contributed by atoms with E-state index in [1.165, 1.54) is 18.4 Å². The van der Waals surface area contributed by atoms with E-state index in [4.69, 9.17) is 4.74 Å². The highest BCUT2D eigenvalue weighted by Gasteiger charge is 2.36. The number of methoxy groups -OCH3 is 1. The average molecular weight is 289 g/mol. The second-order valence-corrected chi connectivity index (χ2v) is 6.83. The molecule has 1 aliphatic carbocycles. The molecule has 1 fully saturated rings. The van der Waals surface area contributed by atoms with Gasteiger partial charge in [-0.3, -0.25) is 4.90 Å². The van der Waals surface area contributed by atoms with Crippen LogP contribution >= 0.6 is 0 Å². The van der Waals surface area contributed by atoms with Gasteiger partial charge in [0.2, 0.25) is 0 Å². The lowest BCUT2D eigenvalue weighted by Crippen LogP contribution is -2.50. The molecular formula is C18H27NO2. The average Bonchev–Trinajstić information content (AvgIpc) is 2.48. The smallest absolute Gasteiger partial charge is 0.119 e. The molecule has 1 aromatic rings. The summed E-state index contributed by atoms with van der Waals surface area (Å²) in [4.78, 5) is 2.53. The van der Waals surface area contributed by atoms with Crippen LogP contribution in [-0.4, -0.2) is 35.7 Å². The highest BCUT2D eigenvalue weighted by Crippen LogP contribution is 2.37. The number of aliphatic hydroxyl groups excluding tert-OH is 1. The molecule has 116 valence electrons. The normalized spacial score (nSPS) is 33.5. The van der Waals surface area contributed by atoms with Gasteiger partial charge in [0.15, 0.2) is 0 Å². The van der Waals surface area contributed by atoms with Crippen LogP contribution in [0.15, 0.2) is 18.2 Å². The van der Waals surface area contributed by atoms with Gasteiger partial charge in [-0.05, 0) is 68.3 Å². The Morgan fingerprint density at radius 3 is 2.76 bits per heavy atom. The van der Waals surface area contributed by atoms with Crippen molar-refractivity contribution in [3.8, 4) is 5.75 Å². The number of aliphatic hydroxyl groups is 1. The third-order valence-electron chi connectivity index (χ3n) is 5.36. The lowest BCUT2D eigenvalue weighted by Gasteiger charge is -2.45. The Hall–Kier alpha value is -1.06. The molecule has 0 amide bonds. The summed E-state index contributed by atoms with van der Waals surface area (Å²) in [6.07, 6.45) is 4.21. The number of piperidine rings is 1. The maximum absolute atomic E-state index is 10.9. The monoisotopic (exact) mass is 289 g/mol. The van der Waals surface area contributed by atoms with Crippen LogP contribution in [0.2, 0.25) is 0 Å². The summed E-state index contributed by atoms with van der Waals surface area (Å²) in [5.41, 5.74) is 2.34. The Kier molecular flexibility index (Phi) is 4.23. The van der Waals surface area contributed by atoms with Gasteiger partial charge in [0, 0.05) is 12.1 Å². The van der Waals surface area contributed by atoms with E-state index in [-0.39, 0.29) is 12.1 Å². The maximum Gasteiger partial charge on any atom is 0.119 e. The molecule has 0 saturated carbocycles. The molecule has 0 bridgehead atoms. The minimum atomic E-state index is -0.389. The second kappa shape index (κ2) is 5.98. The summed E-state index contributed by atoms with van der Waals surface area (Å²) in [6, 6.07) is 6.95. The van der Waals surface area contributed by atoms with E-state index in [0.717, 1.165) is 36.6 Å². The molecule has 1 heterocycles. The minimum absolute atomic E-state index is 0.257. The van der Waals surface area contributed by atoms with Crippen molar-refractivity contribution in [3.63, 3.8) is 0 Å². The van der Waals surface area contributed by atoms with Crippen LogP contribution < -0.4 is 4.74 Å². The molecule has 1 N–H and O–H groups in total. The number of hydrogen-bond donors (Lipinski definition) is 1. The molecule has 4 unspecified atom stereocenters. The van der Waals surface area contributed by atoms with Gasteiger partial charge in [0.25, 0.3) is 0 Å². The van der Waals surface area contributed by atoms with Gasteiger partial charge < -0.3 is 9.84 Å². The first-order valence-corrected chi connectivity index (χ1v) is 8.20. The first kappa shape index (κ1) is 14.9. The van der Waals surface area contributed by atoms with Gasteiger partial charge in [-0.1, -0.05) is 13.0 Å². The van der Waals surface area contributed by atoms with E-state index < -0.39 is 0 Å². The quantitative estimate of drug-likeness (QED) is 0.908. The number of benzene rings is 1. The fraction of sp³-hybridized carbons (Fsp3) is 0.667. The van der Waals surface area contributed by atoms with Crippen LogP contribution in [0, 0.1) is 5.92 Å². The number of ether oxygens (including phenoxy) is 1. The largest absolute Gasteiger partial charge is 0.497 e. The van der Waals surface area contributed by atoms with Gasteiger partial charge in [-0.25, -0.2) is 0 Å². The van der Waals surface area contributed by atoms with Crippen LogP contribution in [0.1, 0.15) is 50.3 Å². The third kappa shape index (κ3) is 2.82. The summed E-state index contributed by atoms with van der Waals surface area (Å²) in [5, 5.41) is 10.9. The summed E-state index contributed by atoms with van der Waals surface area (Å²) < 4.78 is 5.32. The first-order valence-electron chi connectivity index (χ1n) is 8.20. The van der Waals surface area contributed by atoms with E-state index in [9.17, 15) is 5.11 Å². The van der Waals surface area contributed by atoms with E-state index in [1.807, 2.05) is 12.1 Å². The lowest BCUT2D eigenvalue weighted by atomic mass is 9.82. The van der Waals surface area contributed by atoms with Crippen LogP contribution in [0.25, 0.3) is 0 Å². The van der Waals surface area contributed by atoms with Gasteiger partial charge in [-0.15, -0.1) is 0 Å². The number of aryl methyl sites for hydroxylation is 1. The van der Waals surface area contributed by atoms with Crippen molar-refractivity contribution in [1.29, 1.82) is 0 Å². The number of rotatable bonds is 2. The van der Waals surface area contributed by atoms with Gasteiger partial charge >= 0.3 is 0 Å². The lowest BCUT2D eigenvalue weighted by molar-refractivity contribution is -0.00745. The van der Waals surface area contributed by atoms with Crippen LogP contribution in [0.3, 0.4) is 0 Å². The fourth-order valence-electron chi connectivity index (χ4n) is 4.14.